The summed E-state index contributed by atoms with van der Waals surface area (Å²) in [5.74, 6) is 1.95. The predicted octanol–water partition coefficient (Wildman–Crippen LogP) is 4.21. The average Bonchev–Trinajstić information content (AvgIpc) is 3.34. The number of nitrogens with zero attached hydrogens (tertiary/aromatic N) is 2. The summed E-state index contributed by atoms with van der Waals surface area (Å²) in [6.45, 7) is 0.227. The first kappa shape index (κ1) is 17.6. The van der Waals surface area contributed by atoms with Crippen molar-refractivity contribution in [1.29, 1.82) is 0 Å². The molecule has 0 aliphatic carbocycles. The molecule has 2 aromatic carbocycles. The van der Waals surface area contributed by atoms with E-state index in [2.05, 4.69) is 27.6 Å². The van der Waals surface area contributed by atoms with Crippen LogP contribution in [0.5, 0.6) is 11.5 Å². The number of ether oxygens (including phenoxy) is 2. The van der Waals surface area contributed by atoms with Crippen molar-refractivity contribution in [2.75, 3.05) is 12.1 Å². The Kier molecular flexibility index (Phi) is 5.36. The van der Waals surface area contributed by atoms with Crippen LogP contribution in [-0.2, 0) is 10.5 Å². The Bertz CT molecular complexity index is 973. The number of fused-ring (bicyclic) bond motifs is 1. The lowest BCUT2D eigenvalue weighted by Gasteiger charge is -1.98. The molecule has 0 radical (unpaired) electrons. The van der Waals surface area contributed by atoms with E-state index < -0.39 is 0 Å². The SMILES string of the molecule is O=C(/C=C\c1ccc2c(c1)OCO2)Nc1nnc(SCc2ccccc2)s1. The highest BCUT2D eigenvalue weighted by Crippen LogP contribution is 2.33. The van der Waals surface area contributed by atoms with Crippen molar-refractivity contribution < 1.29 is 14.3 Å². The Balaban J connectivity index is 1.31. The van der Waals surface area contributed by atoms with Gasteiger partial charge in [0.15, 0.2) is 15.8 Å². The van der Waals surface area contributed by atoms with Crippen LogP contribution in [0.2, 0.25) is 0 Å². The summed E-state index contributed by atoms with van der Waals surface area (Å²) >= 11 is 2.95. The van der Waals surface area contributed by atoms with Crippen LogP contribution in [-0.4, -0.2) is 22.9 Å². The second-order valence-electron chi connectivity index (χ2n) is 5.58. The van der Waals surface area contributed by atoms with E-state index in [9.17, 15) is 4.79 Å². The van der Waals surface area contributed by atoms with Crippen molar-refractivity contribution in [2.24, 2.45) is 0 Å². The number of rotatable bonds is 6. The van der Waals surface area contributed by atoms with Gasteiger partial charge < -0.3 is 9.47 Å². The lowest BCUT2D eigenvalue weighted by molar-refractivity contribution is -0.111. The standard InChI is InChI=1S/C19H15N3O3S2/c23-17(9-7-13-6-8-15-16(10-13)25-12-24-15)20-18-21-22-19(27-18)26-11-14-4-2-1-3-5-14/h1-10H,11-12H2,(H,20,21,23)/b9-7-. The number of amides is 1. The zero-order chi connectivity index (χ0) is 18.5. The molecule has 0 fully saturated rings. The maximum absolute atomic E-state index is 12.1. The number of hydrogen-bond donors (Lipinski definition) is 1. The summed E-state index contributed by atoms with van der Waals surface area (Å²) in [4.78, 5) is 12.1. The molecule has 1 N–H and O–H groups in total. The zero-order valence-corrected chi connectivity index (χ0v) is 15.8. The second-order valence-corrected chi connectivity index (χ2v) is 7.78. The first-order valence-electron chi connectivity index (χ1n) is 8.15. The van der Waals surface area contributed by atoms with Gasteiger partial charge in [-0.05, 0) is 29.3 Å². The van der Waals surface area contributed by atoms with Gasteiger partial charge in [0.05, 0.1) is 0 Å². The highest BCUT2D eigenvalue weighted by molar-refractivity contribution is 8.00. The molecule has 0 bridgehead atoms. The quantitative estimate of drug-likeness (QED) is 0.382. The topological polar surface area (TPSA) is 73.3 Å². The molecule has 6 nitrogen and oxygen atoms in total. The summed E-state index contributed by atoms with van der Waals surface area (Å²) in [7, 11) is 0. The van der Waals surface area contributed by atoms with Crippen LogP contribution in [0, 0.1) is 0 Å². The van der Waals surface area contributed by atoms with E-state index in [1.807, 2.05) is 36.4 Å². The van der Waals surface area contributed by atoms with Gasteiger partial charge in [-0.2, -0.15) is 0 Å². The molecule has 1 aliphatic rings. The van der Waals surface area contributed by atoms with E-state index in [4.69, 9.17) is 9.47 Å². The number of benzene rings is 2. The molecule has 4 rings (SSSR count). The molecule has 8 heteroatoms. The Labute approximate surface area is 164 Å². The summed E-state index contributed by atoms with van der Waals surface area (Å²) < 4.78 is 11.4. The maximum atomic E-state index is 12.1. The Morgan fingerprint density at radius 2 is 2.00 bits per heavy atom. The van der Waals surface area contributed by atoms with E-state index in [1.54, 1.807) is 17.8 Å². The van der Waals surface area contributed by atoms with Gasteiger partial charge in [0.1, 0.15) is 0 Å². The number of anilines is 1. The highest BCUT2D eigenvalue weighted by Gasteiger charge is 2.12. The van der Waals surface area contributed by atoms with Crippen LogP contribution in [0.25, 0.3) is 6.08 Å². The average molecular weight is 397 g/mol. The smallest absolute Gasteiger partial charge is 0.250 e. The highest BCUT2D eigenvalue weighted by atomic mass is 32.2. The van der Waals surface area contributed by atoms with Crippen LogP contribution in [0.3, 0.4) is 0 Å². The Morgan fingerprint density at radius 3 is 2.89 bits per heavy atom. The molecular formula is C19H15N3O3S2. The van der Waals surface area contributed by atoms with Crippen LogP contribution >= 0.6 is 23.1 Å². The number of hydrogen-bond acceptors (Lipinski definition) is 7. The number of carbonyl (C=O) groups is 1. The molecular weight excluding hydrogens is 382 g/mol. The lowest BCUT2D eigenvalue weighted by atomic mass is 10.2. The van der Waals surface area contributed by atoms with E-state index in [0.29, 0.717) is 16.6 Å². The van der Waals surface area contributed by atoms with E-state index in [-0.39, 0.29) is 12.7 Å². The van der Waals surface area contributed by atoms with E-state index in [1.165, 1.54) is 23.0 Å². The monoisotopic (exact) mass is 397 g/mol. The predicted molar refractivity (Wildman–Crippen MR) is 106 cm³/mol. The number of aromatic nitrogens is 2. The van der Waals surface area contributed by atoms with Gasteiger partial charge in [-0.25, -0.2) is 0 Å². The van der Waals surface area contributed by atoms with Gasteiger partial charge in [0.2, 0.25) is 17.8 Å². The summed E-state index contributed by atoms with van der Waals surface area (Å²) in [5, 5.41) is 11.3. The van der Waals surface area contributed by atoms with Crippen molar-refractivity contribution in [2.45, 2.75) is 10.1 Å². The fourth-order valence-electron chi connectivity index (χ4n) is 2.37. The molecule has 0 unspecified atom stereocenters. The number of carbonyl (C=O) groups excluding carboxylic acids is 1. The van der Waals surface area contributed by atoms with Crippen molar-refractivity contribution in [3.8, 4) is 11.5 Å². The Morgan fingerprint density at radius 1 is 1.15 bits per heavy atom. The molecule has 0 atom stereocenters. The van der Waals surface area contributed by atoms with E-state index in [0.717, 1.165) is 15.7 Å². The minimum absolute atomic E-state index is 0.227. The largest absolute Gasteiger partial charge is 0.454 e. The molecule has 1 amide bonds. The van der Waals surface area contributed by atoms with Gasteiger partial charge >= 0.3 is 0 Å². The Hall–Kier alpha value is -2.84. The van der Waals surface area contributed by atoms with Crippen molar-refractivity contribution in [1.82, 2.24) is 10.2 Å². The van der Waals surface area contributed by atoms with Gasteiger partial charge in [-0.1, -0.05) is 59.5 Å². The zero-order valence-electron chi connectivity index (χ0n) is 14.1. The van der Waals surface area contributed by atoms with Crippen LogP contribution in [0.1, 0.15) is 11.1 Å². The molecule has 2 heterocycles. The van der Waals surface area contributed by atoms with E-state index >= 15 is 0 Å². The molecule has 0 saturated heterocycles. The third-order valence-electron chi connectivity index (χ3n) is 3.67. The van der Waals surface area contributed by atoms with Crippen molar-refractivity contribution in [3.63, 3.8) is 0 Å². The third kappa shape index (κ3) is 4.66. The number of nitrogens with one attached hydrogen (secondary N) is 1. The van der Waals surface area contributed by atoms with Crippen LogP contribution in [0.15, 0.2) is 58.9 Å². The first-order valence-corrected chi connectivity index (χ1v) is 9.95. The third-order valence-corrected chi connectivity index (χ3v) is 5.71. The maximum Gasteiger partial charge on any atom is 0.250 e. The molecule has 0 spiro atoms. The molecule has 3 aromatic rings. The second kappa shape index (κ2) is 8.24. The van der Waals surface area contributed by atoms with Crippen LogP contribution in [0.4, 0.5) is 5.13 Å². The molecule has 136 valence electrons. The lowest BCUT2D eigenvalue weighted by Crippen LogP contribution is -2.07. The van der Waals surface area contributed by atoms with Gasteiger partial charge in [-0.15, -0.1) is 10.2 Å². The summed E-state index contributed by atoms with van der Waals surface area (Å²) in [5.41, 5.74) is 2.07. The number of thioether (sulfide) groups is 1. The summed E-state index contributed by atoms with van der Waals surface area (Å²) in [6.07, 6.45) is 3.17. The first-order chi connectivity index (χ1) is 13.3. The van der Waals surface area contributed by atoms with Crippen molar-refractivity contribution >= 4 is 40.2 Å². The fraction of sp³-hybridized carbons (Fsp3) is 0.105. The van der Waals surface area contributed by atoms with Gasteiger partial charge in [0, 0.05) is 11.8 Å². The van der Waals surface area contributed by atoms with Crippen molar-refractivity contribution in [3.05, 3.63) is 65.7 Å². The summed E-state index contributed by atoms with van der Waals surface area (Å²) in [6, 6.07) is 15.7. The minimum Gasteiger partial charge on any atom is -0.454 e. The molecule has 27 heavy (non-hydrogen) atoms. The molecule has 1 aromatic heterocycles. The fourth-order valence-corrected chi connectivity index (χ4v) is 4.08. The molecule has 1 aliphatic heterocycles. The van der Waals surface area contributed by atoms with Gasteiger partial charge in [0.25, 0.3) is 0 Å². The minimum atomic E-state index is -0.261. The van der Waals surface area contributed by atoms with Crippen LogP contribution < -0.4 is 14.8 Å². The normalized spacial score (nSPS) is 12.4. The van der Waals surface area contributed by atoms with Gasteiger partial charge in [-0.3, -0.25) is 10.1 Å². The molecule has 0 saturated carbocycles.